The minimum absolute atomic E-state index is 0.107. The number of likely N-dealkylation sites (tertiary alicyclic amines) is 1. The Morgan fingerprint density at radius 2 is 2.07 bits per heavy atom. The normalized spacial score (nSPS) is 19.3. The lowest BCUT2D eigenvalue weighted by molar-refractivity contribution is -0.139. The first-order valence-electron chi connectivity index (χ1n) is 9.45. The van der Waals surface area contributed by atoms with Crippen LogP contribution in [0.15, 0.2) is 41.0 Å². The number of amides is 1. The molecule has 28 heavy (non-hydrogen) atoms. The molecule has 0 saturated carbocycles. The van der Waals surface area contributed by atoms with E-state index >= 15 is 0 Å². The van der Waals surface area contributed by atoms with Crippen LogP contribution in [0.5, 0.6) is 11.5 Å². The van der Waals surface area contributed by atoms with Gasteiger partial charge in [0.1, 0.15) is 5.76 Å². The Kier molecular flexibility index (Phi) is 6.23. The van der Waals surface area contributed by atoms with Crippen LogP contribution >= 0.6 is 0 Å². The van der Waals surface area contributed by atoms with Crippen LogP contribution < -0.4 is 9.47 Å². The molecule has 3 rings (SSSR count). The van der Waals surface area contributed by atoms with Crippen LogP contribution in [0.4, 0.5) is 0 Å². The molecule has 1 aliphatic rings. The maximum atomic E-state index is 13.2. The van der Waals surface area contributed by atoms with E-state index < -0.39 is 12.6 Å². The van der Waals surface area contributed by atoms with Gasteiger partial charge in [0.05, 0.1) is 18.9 Å². The Labute approximate surface area is 163 Å². The zero-order valence-corrected chi connectivity index (χ0v) is 16.1. The SMILES string of the molecule is CCOc1cc(C(=O)N2CCC(C)CC2c2ccco2)ccc1OCC(=O)O. The Morgan fingerprint density at radius 3 is 2.75 bits per heavy atom. The molecule has 7 nitrogen and oxygen atoms in total. The molecule has 7 heteroatoms. The molecule has 0 bridgehead atoms. The van der Waals surface area contributed by atoms with E-state index in [0.29, 0.717) is 36.1 Å². The van der Waals surface area contributed by atoms with Gasteiger partial charge in [-0.1, -0.05) is 6.92 Å². The monoisotopic (exact) mass is 387 g/mol. The highest BCUT2D eigenvalue weighted by atomic mass is 16.5. The number of hydrogen-bond acceptors (Lipinski definition) is 5. The summed E-state index contributed by atoms with van der Waals surface area (Å²) in [4.78, 5) is 25.8. The first-order chi connectivity index (χ1) is 13.5. The Morgan fingerprint density at radius 1 is 1.25 bits per heavy atom. The molecule has 2 aromatic rings. The second kappa shape index (κ2) is 8.82. The largest absolute Gasteiger partial charge is 0.490 e. The van der Waals surface area contributed by atoms with Gasteiger partial charge in [-0.05, 0) is 56.0 Å². The lowest BCUT2D eigenvalue weighted by atomic mass is 9.90. The summed E-state index contributed by atoms with van der Waals surface area (Å²) in [7, 11) is 0. The highest BCUT2D eigenvalue weighted by Gasteiger charge is 2.33. The average Bonchev–Trinajstić information content (AvgIpc) is 3.21. The maximum Gasteiger partial charge on any atom is 0.341 e. The summed E-state index contributed by atoms with van der Waals surface area (Å²) in [6.45, 7) is 4.54. The molecule has 2 atom stereocenters. The number of carbonyl (C=O) groups excluding carboxylic acids is 1. The van der Waals surface area contributed by atoms with Crippen LogP contribution in [0.2, 0.25) is 0 Å². The van der Waals surface area contributed by atoms with Crippen molar-refractivity contribution in [2.75, 3.05) is 19.8 Å². The number of carboxylic acid groups (broad SMARTS) is 1. The van der Waals surface area contributed by atoms with Gasteiger partial charge in [0.15, 0.2) is 18.1 Å². The molecule has 0 spiro atoms. The van der Waals surface area contributed by atoms with Crippen molar-refractivity contribution < 1.29 is 28.6 Å². The first-order valence-corrected chi connectivity index (χ1v) is 9.45. The standard InChI is InChI=1S/C21H25NO6/c1-3-26-19-12-15(6-7-18(19)28-13-20(23)24)21(25)22-9-8-14(2)11-16(22)17-5-4-10-27-17/h4-7,10,12,14,16H,3,8-9,11,13H2,1-2H3,(H,23,24). The number of nitrogens with zero attached hydrogens (tertiary/aromatic N) is 1. The zero-order chi connectivity index (χ0) is 20.1. The van der Waals surface area contributed by atoms with Gasteiger partial charge in [-0.3, -0.25) is 4.79 Å². The quantitative estimate of drug-likeness (QED) is 0.778. The number of furan rings is 1. The minimum atomic E-state index is -1.08. The van der Waals surface area contributed by atoms with E-state index in [1.807, 2.05) is 24.0 Å². The second-order valence-electron chi connectivity index (χ2n) is 6.94. The van der Waals surface area contributed by atoms with E-state index in [1.54, 1.807) is 24.5 Å². The molecule has 1 saturated heterocycles. The summed E-state index contributed by atoms with van der Waals surface area (Å²) in [5.41, 5.74) is 0.470. The smallest absolute Gasteiger partial charge is 0.341 e. The third-order valence-electron chi connectivity index (χ3n) is 4.84. The number of piperidine rings is 1. The van der Waals surface area contributed by atoms with Crippen LogP contribution in [0.3, 0.4) is 0 Å². The van der Waals surface area contributed by atoms with Gasteiger partial charge in [0.2, 0.25) is 0 Å². The predicted octanol–water partition coefficient (Wildman–Crippen LogP) is 3.76. The minimum Gasteiger partial charge on any atom is -0.490 e. The maximum absolute atomic E-state index is 13.2. The van der Waals surface area contributed by atoms with Crippen molar-refractivity contribution in [2.45, 2.75) is 32.7 Å². The fraction of sp³-hybridized carbons (Fsp3) is 0.429. The van der Waals surface area contributed by atoms with E-state index in [-0.39, 0.29) is 11.9 Å². The Hall–Kier alpha value is -2.96. The van der Waals surface area contributed by atoms with Crippen molar-refractivity contribution in [3.63, 3.8) is 0 Å². The Bertz CT molecular complexity index is 816. The van der Waals surface area contributed by atoms with Crippen LogP contribution in [-0.2, 0) is 4.79 Å². The number of carbonyl (C=O) groups is 2. The van der Waals surface area contributed by atoms with Crippen molar-refractivity contribution in [3.8, 4) is 11.5 Å². The summed E-state index contributed by atoms with van der Waals surface area (Å²) in [6, 6.07) is 8.45. The molecule has 0 radical (unpaired) electrons. The van der Waals surface area contributed by atoms with Crippen molar-refractivity contribution >= 4 is 11.9 Å². The number of aliphatic carboxylic acids is 1. The molecular weight excluding hydrogens is 362 g/mol. The molecule has 150 valence electrons. The molecular formula is C21H25NO6. The first kappa shape index (κ1) is 19.8. The van der Waals surface area contributed by atoms with Crippen molar-refractivity contribution in [1.29, 1.82) is 0 Å². The molecule has 1 aliphatic heterocycles. The zero-order valence-electron chi connectivity index (χ0n) is 16.1. The van der Waals surface area contributed by atoms with Gasteiger partial charge in [0, 0.05) is 12.1 Å². The summed E-state index contributed by atoms with van der Waals surface area (Å²) in [6.07, 6.45) is 3.40. The van der Waals surface area contributed by atoms with Gasteiger partial charge in [-0.15, -0.1) is 0 Å². The lowest BCUT2D eigenvalue weighted by Gasteiger charge is -2.37. The molecule has 1 aromatic heterocycles. The number of ether oxygens (including phenoxy) is 2. The Balaban J connectivity index is 1.85. The molecule has 1 amide bonds. The van der Waals surface area contributed by atoms with Gasteiger partial charge in [-0.2, -0.15) is 0 Å². The van der Waals surface area contributed by atoms with Gasteiger partial charge >= 0.3 is 5.97 Å². The van der Waals surface area contributed by atoms with Gasteiger partial charge in [0.25, 0.3) is 5.91 Å². The summed E-state index contributed by atoms with van der Waals surface area (Å²) < 4.78 is 16.4. The molecule has 2 heterocycles. The molecule has 1 N–H and O–H groups in total. The summed E-state index contributed by atoms with van der Waals surface area (Å²) in [5, 5.41) is 8.81. The van der Waals surface area contributed by atoms with E-state index in [0.717, 1.165) is 18.6 Å². The van der Waals surface area contributed by atoms with Crippen molar-refractivity contribution in [3.05, 3.63) is 47.9 Å². The van der Waals surface area contributed by atoms with Gasteiger partial charge in [-0.25, -0.2) is 4.79 Å². The molecule has 1 aromatic carbocycles. The fourth-order valence-electron chi connectivity index (χ4n) is 3.47. The molecule has 1 fully saturated rings. The van der Waals surface area contributed by atoms with E-state index in [1.165, 1.54) is 0 Å². The summed E-state index contributed by atoms with van der Waals surface area (Å²) in [5.74, 6) is 0.756. The van der Waals surface area contributed by atoms with Gasteiger partial charge < -0.3 is 23.9 Å². The third-order valence-corrected chi connectivity index (χ3v) is 4.84. The summed E-state index contributed by atoms with van der Waals surface area (Å²) >= 11 is 0. The van der Waals surface area contributed by atoms with Crippen molar-refractivity contribution in [1.82, 2.24) is 4.90 Å². The number of carboxylic acids is 1. The van der Waals surface area contributed by atoms with Crippen molar-refractivity contribution in [2.24, 2.45) is 5.92 Å². The van der Waals surface area contributed by atoms with Crippen LogP contribution in [0.1, 0.15) is 48.8 Å². The average molecular weight is 387 g/mol. The fourth-order valence-corrected chi connectivity index (χ4v) is 3.47. The van der Waals surface area contributed by atoms with E-state index in [2.05, 4.69) is 6.92 Å². The molecule has 2 unspecified atom stereocenters. The highest BCUT2D eigenvalue weighted by molar-refractivity contribution is 5.95. The highest BCUT2D eigenvalue weighted by Crippen LogP contribution is 2.36. The van der Waals surface area contributed by atoms with Crippen LogP contribution in [0.25, 0.3) is 0 Å². The van der Waals surface area contributed by atoms with Crippen LogP contribution in [0, 0.1) is 5.92 Å². The van der Waals surface area contributed by atoms with E-state index in [9.17, 15) is 9.59 Å². The second-order valence-corrected chi connectivity index (χ2v) is 6.94. The van der Waals surface area contributed by atoms with Crippen LogP contribution in [-0.4, -0.2) is 41.6 Å². The predicted molar refractivity (Wildman–Crippen MR) is 102 cm³/mol. The topological polar surface area (TPSA) is 89.2 Å². The number of rotatable bonds is 7. The molecule has 0 aliphatic carbocycles. The van der Waals surface area contributed by atoms with E-state index in [4.69, 9.17) is 19.0 Å². The third kappa shape index (κ3) is 4.47. The number of hydrogen-bond donors (Lipinski definition) is 1. The lowest BCUT2D eigenvalue weighted by Crippen LogP contribution is -2.40. The number of benzene rings is 1.